The number of hydrogen-bond acceptors (Lipinski definition) is 7. The number of hydrogen-bond donors (Lipinski definition) is 1. The molecule has 1 aromatic heterocycles. The molecule has 1 saturated heterocycles. The molecule has 0 radical (unpaired) electrons. The van der Waals surface area contributed by atoms with Crippen molar-refractivity contribution in [1.29, 1.82) is 0 Å². The van der Waals surface area contributed by atoms with Crippen molar-refractivity contribution in [3.63, 3.8) is 0 Å². The van der Waals surface area contributed by atoms with Crippen LogP contribution in [0.3, 0.4) is 0 Å². The van der Waals surface area contributed by atoms with Crippen molar-refractivity contribution in [2.45, 2.75) is 24.7 Å². The molecule has 11 heteroatoms. The normalized spacial score (nSPS) is 15.3. The Kier molecular flexibility index (Phi) is 7.28. The first-order valence-electron chi connectivity index (χ1n) is 10.5. The Morgan fingerprint density at radius 2 is 1.79 bits per heavy atom. The van der Waals surface area contributed by atoms with Gasteiger partial charge in [0.1, 0.15) is 5.82 Å². The molecule has 1 fully saturated rings. The smallest absolute Gasteiger partial charge is 0.243 e. The van der Waals surface area contributed by atoms with Gasteiger partial charge in [-0.15, -0.1) is 0 Å². The fourth-order valence-corrected chi connectivity index (χ4v) is 5.95. The van der Waals surface area contributed by atoms with E-state index in [0.29, 0.717) is 49.7 Å². The summed E-state index contributed by atoms with van der Waals surface area (Å²) in [4.78, 5) is 18.2. The van der Waals surface area contributed by atoms with Gasteiger partial charge >= 0.3 is 0 Å². The average molecular weight is 506 g/mol. The number of sulfonamides is 1. The van der Waals surface area contributed by atoms with E-state index in [9.17, 15) is 13.2 Å². The van der Waals surface area contributed by atoms with Crippen molar-refractivity contribution >= 4 is 49.9 Å². The minimum absolute atomic E-state index is 0.203. The van der Waals surface area contributed by atoms with Gasteiger partial charge in [0.15, 0.2) is 0 Å². The molecule has 2 aromatic carbocycles. The first-order valence-corrected chi connectivity index (χ1v) is 13.1. The number of anilines is 2. The van der Waals surface area contributed by atoms with Crippen LogP contribution in [0.1, 0.15) is 24.7 Å². The van der Waals surface area contributed by atoms with Crippen LogP contribution in [-0.4, -0.2) is 54.2 Å². The zero-order valence-corrected chi connectivity index (χ0v) is 20.5. The Morgan fingerprint density at radius 1 is 1.06 bits per heavy atom. The standard InChI is InChI=1S/C22H24ClN5O3S2/c1-16(29)24-19-7-9-20(10-8-19)33(30,31)28-12-2-11-27(13-14-28)22-25-21(26-32-22)15-17-3-5-18(23)6-4-17/h3-10H,2,11-15H2,1H3,(H,24,29). The maximum absolute atomic E-state index is 13.1. The first kappa shape index (κ1) is 23.6. The minimum Gasteiger partial charge on any atom is -0.345 e. The molecule has 3 aromatic rings. The van der Waals surface area contributed by atoms with Gasteiger partial charge in [0.2, 0.25) is 21.1 Å². The molecule has 174 valence electrons. The van der Waals surface area contributed by atoms with E-state index in [4.69, 9.17) is 11.6 Å². The van der Waals surface area contributed by atoms with Gasteiger partial charge in [0.25, 0.3) is 0 Å². The highest BCUT2D eigenvalue weighted by atomic mass is 35.5. The van der Waals surface area contributed by atoms with Gasteiger partial charge in [-0.05, 0) is 48.4 Å². The lowest BCUT2D eigenvalue weighted by Crippen LogP contribution is -2.35. The Hall–Kier alpha value is -2.53. The maximum Gasteiger partial charge on any atom is 0.243 e. The van der Waals surface area contributed by atoms with Gasteiger partial charge in [0.05, 0.1) is 4.90 Å². The molecule has 4 rings (SSSR count). The Bertz CT molecular complexity index is 1210. The SMILES string of the molecule is CC(=O)Nc1ccc(S(=O)(=O)N2CCCN(c3nc(Cc4ccc(Cl)cc4)ns3)CC2)cc1. The van der Waals surface area contributed by atoms with E-state index in [1.807, 2.05) is 24.3 Å². The molecule has 1 aliphatic rings. The Labute approximate surface area is 202 Å². The summed E-state index contributed by atoms with van der Waals surface area (Å²) in [5, 5.41) is 4.14. The summed E-state index contributed by atoms with van der Waals surface area (Å²) in [7, 11) is -3.62. The summed E-state index contributed by atoms with van der Waals surface area (Å²) >= 11 is 7.28. The number of halogens is 1. The highest BCUT2D eigenvalue weighted by Gasteiger charge is 2.28. The number of nitrogens with one attached hydrogen (secondary N) is 1. The second kappa shape index (κ2) is 10.2. The van der Waals surface area contributed by atoms with Crippen LogP contribution in [0.2, 0.25) is 5.02 Å². The lowest BCUT2D eigenvalue weighted by Gasteiger charge is -2.21. The number of amides is 1. The van der Waals surface area contributed by atoms with Crippen molar-refractivity contribution in [2.24, 2.45) is 0 Å². The van der Waals surface area contributed by atoms with Crippen LogP contribution in [0.15, 0.2) is 53.4 Å². The van der Waals surface area contributed by atoms with Crippen LogP contribution in [0.25, 0.3) is 0 Å². The monoisotopic (exact) mass is 505 g/mol. The number of aromatic nitrogens is 2. The third kappa shape index (κ3) is 5.89. The molecule has 8 nitrogen and oxygen atoms in total. The predicted molar refractivity (Wildman–Crippen MR) is 131 cm³/mol. The zero-order valence-electron chi connectivity index (χ0n) is 18.1. The fraction of sp³-hybridized carbons (Fsp3) is 0.318. The van der Waals surface area contributed by atoms with Gasteiger partial charge < -0.3 is 10.2 Å². The number of carbonyl (C=O) groups is 1. The minimum atomic E-state index is -3.62. The lowest BCUT2D eigenvalue weighted by molar-refractivity contribution is -0.114. The van der Waals surface area contributed by atoms with Crippen LogP contribution in [0.5, 0.6) is 0 Å². The van der Waals surface area contributed by atoms with E-state index in [1.54, 1.807) is 12.1 Å². The molecule has 0 saturated carbocycles. The second-order valence-electron chi connectivity index (χ2n) is 7.75. The van der Waals surface area contributed by atoms with Crippen LogP contribution in [0.4, 0.5) is 10.8 Å². The molecule has 1 amide bonds. The van der Waals surface area contributed by atoms with Gasteiger partial charge in [-0.2, -0.15) is 8.68 Å². The second-order valence-corrected chi connectivity index (χ2v) is 10.9. The quantitative estimate of drug-likeness (QED) is 0.549. The lowest BCUT2D eigenvalue weighted by atomic mass is 10.1. The molecular weight excluding hydrogens is 482 g/mol. The summed E-state index contributed by atoms with van der Waals surface area (Å²) in [6.07, 6.45) is 1.31. The molecule has 0 unspecified atom stereocenters. The van der Waals surface area contributed by atoms with Crippen molar-refractivity contribution in [1.82, 2.24) is 13.7 Å². The molecule has 1 aliphatic heterocycles. The predicted octanol–water partition coefficient (Wildman–Crippen LogP) is 3.64. The van der Waals surface area contributed by atoms with Crippen LogP contribution in [0, 0.1) is 0 Å². The summed E-state index contributed by atoms with van der Waals surface area (Å²) in [6.45, 7) is 3.46. The van der Waals surface area contributed by atoms with Crippen molar-refractivity contribution in [3.05, 3.63) is 64.9 Å². The first-order chi connectivity index (χ1) is 15.8. The van der Waals surface area contributed by atoms with Crippen LogP contribution in [-0.2, 0) is 21.2 Å². The van der Waals surface area contributed by atoms with Gasteiger partial charge in [0, 0.05) is 61.8 Å². The summed E-state index contributed by atoms with van der Waals surface area (Å²) in [5.74, 6) is 0.538. The molecule has 0 spiro atoms. The number of benzene rings is 2. The molecule has 0 bridgehead atoms. The van der Waals surface area contributed by atoms with Gasteiger partial charge in [-0.25, -0.2) is 13.4 Å². The fourth-order valence-electron chi connectivity index (χ4n) is 3.62. The molecule has 2 heterocycles. The van der Waals surface area contributed by atoms with E-state index >= 15 is 0 Å². The third-order valence-corrected chi connectivity index (χ3v) is 8.25. The van der Waals surface area contributed by atoms with E-state index in [2.05, 4.69) is 19.6 Å². The van der Waals surface area contributed by atoms with Crippen molar-refractivity contribution < 1.29 is 13.2 Å². The van der Waals surface area contributed by atoms with E-state index < -0.39 is 10.0 Å². The van der Waals surface area contributed by atoms with E-state index in [1.165, 1.54) is 34.9 Å². The highest BCUT2D eigenvalue weighted by Crippen LogP contribution is 2.24. The average Bonchev–Trinajstić information content (AvgIpc) is 3.09. The highest BCUT2D eigenvalue weighted by molar-refractivity contribution is 7.89. The Morgan fingerprint density at radius 3 is 2.48 bits per heavy atom. The maximum atomic E-state index is 13.1. The van der Waals surface area contributed by atoms with Gasteiger partial charge in [-0.3, -0.25) is 4.79 Å². The van der Waals surface area contributed by atoms with Crippen molar-refractivity contribution in [2.75, 3.05) is 36.4 Å². The van der Waals surface area contributed by atoms with Crippen LogP contribution < -0.4 is 10.2 Å². The van der Waals surface area contributed by atoms with Gasteiger partial charge in [-0.1, -0.05) is 23.7 Å². The topological polar surface area (TPSA) is 95.5 Å². The Balaban J connectivity index is 1.40. The summed E-state index contributed by atoms with van der Waals surface area (Å²) < 4.78 is 32.3. The number of rotatable bonds is 6. The largest absolute Gasteiger partial charge is 0.345 e. The van der Waals surface area contributed by atoms with Crippen LogP contribution >= 0.6 is 23.1 Å². The molecular formula is C22H24ClN5O3S2. The third-order valence-electron chi connectivity index (χ3n) is 5.27. The summed E-state index contributed by atoms with van der Waals surface area (Å²) in [6, 6.07) is 13.9. The van der Waals surface area contributed by atoms with Crippen molar-refractivity contribution in [3.8, 4) is 0 Å². The summed E-state index contributed by atoms with van der Waals surface area (Å²) in [5.41, 5.74) is 1.65. The number of carbonyl (C=O) groups excluding carboxylic acids is 1. The molecule has 0 aliphatic carbocycles. The molecule has 33 heavy (non-hydrogen) atoms. The van der Waals surface area contributed by atoms with E-state index in [0.717, 1.165) is 16.5 Å². The number of nitrogens with zero attached hydrogens (tertiary/aromatic N) is 4. The van der Waals surface area contributed by atoms with E-state index in [-0.39, 0.29) is 10.8 Å². The molecule has 0 atom stereocenters. The zero-order chi connectivity index (χ0) is 23.4. The molecule has 1 N–H and O–H groups in total.